The Hall–Kier alpha value is -0.340. The van der Waals surface area contributed by atoms with E-state index in [1.165, 1.54) is 5.56 Å². The first-order valence-electron chi connectivity index (χ1n) is 3.02. The van der Waals surface area contributed by atoms with E-state index in [4.69, 9.17) is 0 Å². The van der Waals surface area contributed by atoms with Gasteiger partial charge in [0.25, 0.3) is 0 Å². The van der Waals surface area contributed by atoms with Crippen molar-refractivity contribution in [3.8, 4) is 0 Å². The predicted octanol–water partition coefficient (Wildman–Crippen LogP) is 2.88. The van der Waals surface area contributed by atoms with Crippen LogP contribution in [0.2, 0.25) is 0 Å². The lowest BCUT2D eigenvalue weighted by Crippen LogP contribution is -1.76. The molecule has 0 fully saturated rings. The monoisotopic (exact) mass is 168 g/mol. The van der Waals surface area contributed by atoms with Gasteiger partial charge in [0, 0.05) is 10.5 Å². The first-order valence-corrected chi connectivity index (χ1v) is 4.54. The van der Waals surface area contributed by atoms with Gasteiger partial charge in [-0.15, -0.1) is 11.8 Å². The number of hydrogen-bond acceptors (Lipinski definition) is 2. The average molecular weight is 168 g/mol. The van der Waals surface area contributed by atoms with Gasteiger partial charge in [0.05, 0.1) is 0 Å². The molecule has 0 aliphatic heterocycles. The third-order valence-electron chi connectivity index (χ3n) is 1.16. The van der Waals surface area contributed by atoms with E-state index in [-0.39, 0.29) is 0 Å². The predicted molar refractivity (Wildman–Crippen MR) is 51.4 cm³/mol. The lowest BCUT2D eigenvalue weighted by molar-refractivity contribution is 1.43. The van der Waals surface area contributed by atoms with Gasteiger partial charge in [-0.3, -0.25) is 0 Å². The third-order valence-corrected chi connectivity index (χ3v) is 2.21. The van der Waals surface area contributed by atoms with Crippen molar-refractivity contribution in [3.05, 3.63) is 35.9 Å². The van der Waals surface area contributed by atoms with E-state index >= 15 is 0 Å². The Bertz CT molecular complexity index is 194. The van der Waals surface area contributed by atoms with Crippen molar-refractivity contribution >= 4 is 28.7 Å². The maximum absolute atomic E-state index is 4.69. The van der Waals surface area contributed by atoms with Crippen molar-refractivity contribution < 1.29 is 0 Å². The highest BCUT2D eigenvalue weighted by Gasteiger charge is 1.86. The molecule has 0 aromatic heterocycles. The second-order valence-corrected chi connectivity index (χ2v) is 3.28. The van der Waals surface area contributed by atoms with Crippen molar-refractivity contribution in [2.75, 3.05) is 0 Å². The summed E-state index contributed by atoms with van der Waals surface area (Å²) in [5.74, 6) is 0.990. The molecule has 0 spiro atoms. The van der Waals surface area contributed by atoms with Crippen LogP contribution in [0.4, 0.5) is 0 Å². The van der Waals surface area contributed by atoms with Gasteiger partial charge in [0.2, 0.25) is 0 Å². The number of thioether (sulfide) groups is 1. The zero-order valence-electron chi connectivity index (χ0n) is 5.49. The molecule has 0 N–H and O–H groups in total. The third kappa shape index (κ3) is 2.50. The SMILES string of the molecule is S=CSCc1ccccc1. The van der Waals surface area contributed by atoms with Crippen LogP contribution in [0.3, 0.4) is 0 Å². The highest BCUT2D eigenvalue weighted by atomic mass is 32.2. The molecule has 0 nitrogen and oxygen atoms in total. The Morgan fingerprint density at radius 2 is 2.00 bits per heavy atom. The van der Waals surface area contributed by atoms with Crippen LogP contribution in [-0.4, -0.2) is 4.70 Å². The van der Waals surface area contributed by atoms with Crippen LogP contribution >= 0.6 is 24.0 Å². The normalized spacial score (nSPS) is 9.20. The maximum Gasteiger partial charge on any atom is 0.0345 e. The van der Waals surface area contributed by atoms with E-state index in [9.17, 15) is 0 Å². The van der Waals surface area contributed by atoms with Gasteiger partial charge in [-0.1, -0.05) is 42.5 Å². The molecule has 0 radical (unpaired) electrons. The van der Waals surface area contributed by atoms with Gasteiger partial charge in [0.1, 0.15) is 0 Å². The molecule has 0 saturated carbocycles. The van der Waals surface area contributed by atoms with E-state index < -0.39 is 0 Å². The van der Waals surface area contributed by atoms with Gasteiger partial charge >= 0.3 is 0 Å². The maximum atomic E-state index is 4.69. The number of rotatable bonds is 3. The Morgan fingerprint density at radius 1 is 1.30 bits per heavy atom. The van der Waals surface area contributed by atoms with Crippen LogP contribution < -0.4 is 0 Å². The molecule has 2 heteroatoms. The van der Waals surface area contributed by atoms with Crippen LogP contribution in [0.15, 0.2) is 30.3 Å². The van der Waals surface area contributed by atoms with E-state index in [1.807, 2.05) is 18.2 Å². The summed E-state index contributed by atoms with van der Waals surface area (Å²) < 4.78 is 1.70. The summed E-state index contributed by atoms with van der Waals surface area (Å²) in [5.41, 5.74) is 1.33. The van der Waals surface area contributed by atoms with Crippen molar-refractivity contribution in [1.82, 2.24) is 0 Å². The van der Waals surface area contributed by atoms with Crippen LogP contribution in [0, 0.1) is 0 Å². The molecule has 0 amide bonds. The zero-order chi connectivity index (χ0) is 7.23. The molecule has 1 rings (SSSR count). The smallest absolute Gasteiger partial charge is 0.0345 e. The molecule has 10 heavy (non-hydrogen) atoms. The fourth-order valence-electron chi connectivity index (χ4n) is 0.704. The summed E-state index contributed by atoms with van der Waals surface area (Å²) >= 11 is 6.34. The van der Waals surface area contributed by atoms with Crippen molar-refractivity contribution in [1.29, 1.82) is 0 Å². The van der Waals surface area contributed by atoms with Crippen LogP contribution in [-0.2, 0) is 5.75 Å². The number of benzene rings is 1. The summed E-state index contributed by atoms with van der Waals surface area (Å²) in [6, 6.07) is 10.3. The molecule has 0 heterocycles. The van der Waals surface area contributed by atoms with E-state index in [0.717, 1.165) is 5.75 Å². The Balaban J connectivity index is 2.50. The van der Waals surface area contributed by atoms with E-state index in [2.05, 4.69) is 24.4 Å². The zero-order valence-corrected chi connectivity index (χ0v) is 7.12. The molecule has 1 aromatic carbocycles. The van der Waals surface area contributed by atoms with Gasteiger partial charge in [-0.05, 0) is 5.56 Å². The topological polar surface area (TPSA) is 0 Å². The summed E-state index contributed by atoms with van der Waals surface area (Å²) in [7, 11) is 0. The van der Waals surface area contributed by atoms with Gasteiger partial charge < -0.3 is 0 Å². The number of thiocarbonyl (C=S) groups is 1. The molecular formula is C8H8S2. The van der Waals surface area contributed by atoms with E-state index in [0.29, 0.717) is 0 Å². The fourth-order valence-corrected chi connectivity index (χ4v) is 1.36. The van der Waals surface area contributed by atoms with E-state index in [1.54, 1.807) is 16.5 Å². The van der Waals surface area contributed by atoms with Gasteiger partial charge in [0.15, 0.2) is 0 Å². The summed E-state index contributed by atoms with van der Waals surface area (Å²) in [4.78, 5) is 0. The molecule has 0 aliphatic rings. The summed E-state index contributed by atoms with van der Waals surface area (Å²) in [6.45, 7) is 0. The van der Waals surface area contributed by atoms with Gasteiger partial charge in [-0.25, -0.2) is 0 Å². The largest absolute Gasteiger partial charge is 0.118 e. The van der Waals surface area contributed by atoms with Crippen molar-refractivity contribution in [2.45, 2.75) is 5.75 Å². The molecule has 0 atom stereocenters. The molecule has 0 bridgehead atoms. The average Bonchev–Trinajstić information content (AvgIpc) is 2.03. The molecule has 1 aromatic rings. The van der Waals surface area contributed by atoms with Crippen LogP contribution in [0.5, 0.6) is 0 Å². The Morgan fingerprint density at radius 3 is 2.60 bits per heavy atom. The number of hydrogen-bond donors (Lipinski definition) is 0. The lowest BCUT2D eigenvalue weighted by Gasteiger charge is -1.93. The standard InChI is InChI=1S/C8H8S2/c9-7-10-6-8-4-2-1-3-5-8/h1-5,7H,6H2. The minimum Gasteiger partial charge on any atom is -0.118 e. The van der Waals surface area contributed by atoms with Gasteiger partial charge in [-0.2, -0.15) is 0 Å². The molecule has 0 unspecified atom stereocenters. The van der Waals surface area contributed by atoms with Crippen LogP contribution in [0.1, 0.15) is 5.56 Å². The summed E-state index contributed by atoms with van der Waals surface area (Å²) in [6.07, 6.45) is 0. The van der Waals surface area contributed by atoms with Crippen molar-refractivity contribution in [2.24, 2.45) is 0 Å². The lowest BCUT2D eigenvalue weighted by atomic mass is 10.2. The Labute approximate surface area is 70.6 Å². The second-order valence-electron chi connectivity index (χ2n) is 1.89. The minimum absolute atomic E-state index is 0.990. The second kappa shape index (κ2) is 4.47. The first-order chi connectivity index (χ1) is 4.93. The molecule has 0 aliphatic carbocycles. The highest BCUT2D eigenvalue weighted by Crippen LogP contribution is 2.08. The first kappa shape index (κ1) is 7.76. The molecule has 0 saturated heterocycles. The minimum atomic E-state index is 0.990. The summed E-state index contributed by atoms with van der Waals surface area (Å²) in [5, 5.41) is 0. The molecular weight excluding hydrogens is 160 g/mol. The highest BCUT2D eigenvalue weighted by molar-refractivity contribution is 8.20. The quantitative estimate of drug-likeness (QED) is 0.636. The fraction of sp³-hybridized carbons (Fsp3) is 0.125. The van der Waals surface area contributed by atoms with Crippen molar-refractivity contribution in [3.63, 3.8) is 0 Å². The molecule has 52 valence electrons. The Kier molecular flexibility index (Phi) is 3.47. The van der Waals surface area contributed by atoms with Crippen LogP contribution in [0.25, 0.3) is 0 Å².